The highest BCUT2D eigenvalue weighted by molar-refractivity contribution is 5.90. The van der Waals surface area contributed by atoms with Crippen molar-refractivity contribution >= 4 is 34.5 Å². The number of hydrogen-bond acceptors (Lipinski definition) is 11. The predicted octanol–water partition coefficient (Wildman–Crippen LogP) is 2.59. The van der Waals surface area contributed by atoms with Crippen LogP contribution in [0.2, 0.25) is 0 Å². The molecule has 5 rings (SSSR count). The molecule has 0 spiro atoms. The van der Waals surface area contributed by atoms with Gasteiger partial charge in [0.1, 0.15) is 11.5 Å². The summed E-state index contributed by atoms with van der Waals surface area (Å²) in [6.45, 7) is 5.87. The molecule has 256 valence electrons. The fourth-order valence-corrected chi connectivity index (χ4v) is 6.30. The van der Waals surface area contributed by atoms with Crippen LogP contribution in [-0.4, -0.2) is 105 Å². The van der Waals surface area contributed by atoms with E-state index in [0.717, 1.165) is 80.3 Å². The van der Waals surface area contributed by atoms with Crippen LogP contribution in [0, 0.1) is 0 Å². The monoisotopic (exact) mass is 649 g/mol. The number of likely N-dealkylation sites (tertiary alicyclic amines) is 1. The number of fused-ring (bicyclic) bond motifs is 1. The van der Waals surface area contributed by atoms with E-state index in [1.165, 1.54) is 32.1 Å². The molecule has 0 atom stereocenters. The Kier molecular flexibility index (Phi) is 13.5. The summed E-state index contributed by atoms with van der Waals surface area (Å²) >= 11 is 0. The number of rotatable bonds is 19. The van der Waals surface area contributed by atoms with Gasteiger partial charge in [-0.2, -0.15) is 4.98 Å². The summed E-state index contributed by atoms with van der Waals surface area (Å²) in [6.07, 6.45) is 12.8. The molecule has 1 amide bonds. The number of carboxylic acid groups (broad SMARTS) is 1. The Morgan fingerprint density at radius 3 is 2.53 bits per heavy atom. The Bertz CT molecular complexity index is 1400. The van der Waals surface area contributed by atoms with Gasteiger partial charge in [0.15, 0.2) is 0 Å². The first kappa shape index (κ1) is 34.5. The Morgan fingerprint density at radius 1 is 0.894 bits per heavy atom. The van der Waals surface area contributed by atoms with E-state index in [1.807, 2.05) is 40.0 Å². The summed E-state index contributed by atoms with van der Waals surface area (Å²) in [5.74, 6) is 0.401. The number of aryl methyl sites for hydroxylation is 1. The number of anilines is 2. The molecule has 14 nitrogen and oxygen atoms in total. The molecule has 1 saturated heterocycles. The molecule has 3 aromatic rings. The lowest BCUT2D eigenvalue weighted by molar-refractivity contribution is -0.136. The Labute approximate surface area is 276 Å². The summed E-state index contributed by atoms with van der Waals surface area (Å²) in [4.78, 5) is 34.6. The molecule has 0 bridgehead atoms. The van der Waals surface area contributed by atoms with E-state index in [-0.39, 0.29) is 18.5 Å². The molecule has 47 heavy (non-hydrogen) atoms. The van der Waals surface area contributed by atoms with Gasteiger partial charge in [0.25, 0.3) is 0 Å². The van der Waals surface area contributed by atoms with E-state index in [4.69, 9.17) is 15.1 Å². The first-order chi connectivity index (χ1) is 23.0. The van der Waals surface area contributed by atoms with Crippen LogP contribution in [0.3, 0.4) is 0 Å². The summed E-state index contributed by atoms with van der Waals surface area (Å²) in [7, 11) is 0. The number of carboxylic acids is 1. The summed E-state index contributed by atoms with van der Waals surface area (Å²) in [5.41, 5.74) is 1.67. The van der Waals surface area contributed by atoms with E-state index in [0.29, 0.717) is 38.5 Å². The van der Waals surface area contributed by atoms with Gasteiger partial charge < -0.3 is 36.6 Å². The Morgan fingerprint density at radius 2 is 1.70 bits per heavy atom. The zero-order chi connectivity index (χ0) is 32.7. The first-order valence-corrected chi connectivity index (χ1v) is 17.3. The summed E-state index contributed by atoms with van der Waals surface area (Å²) < 4.78 is 1.89. The summed E-state index contributed by atoms with van der Waals surface area (Å²) in [6, 6.07) is 8.83. The molecule has 2 aromatic heterocycles. The SMILES string of the molecule is O=C(O)CNCCC(=O)N1CCC(Nc2nc(NCc3cn(CCCNCCCNC4CCCCC4)nn3)nc3ccccc23)CC1. The second kappa shape index (κ2) is 18.5. The maximum absolute atomic E-state index is 12.5. The van der Waals surface area contributed by atoms with Crippen LogP contribution in [0.1, 0.15) is 69.9 Å². The van der Waals surface area contributed by atoms with Crippen LogP contribution in [0.15, 0.2) is 30.5 Å². The van der Waals surface area contributed by atoms with Gasteiger partial charge in [0, 0.05) is 50.1 Å². The number of piperidine rings is 1. The number of nitrogens with one attached hydrogen (secondary N) is 5. The van der Waals surface area contributed by atoms with Crippen LogP contribution in [0.25, 0.3) is 10.9 Å². The number of amides is 1. The second-order valence-electron chi connectivity index (χ2n) is 12.6. The molecule has 2 fully saturated rings. The topological polar surface area (TPSA) is 174 Å². The van der Waals surface area contributed by atoms with Gasteiger partial charge in [-0.15, -0.1) is 5.10 Å². The number of aliphatic carboxylic acids is 1. The van der Waals surface area contributed by atoms with Gasteiger partial charge in [-0.25, -0.2) is 4.98 Å². The average Bonchev–Trinajstić information content (AvgIpc) is 3.55. The van der Waals surface area contributed by atoms with Crippen molar-refractivity contribution in [2.45, 2.75) is 89.4 Å². The number of carbonyl (C=O) groups is 2. The fourth-order valence-electron chi connectivity index (χ4n) is 6.30. The third kappa shape index (κ3) is 11.4. The fraction of sp³-hybridized carbons (Fsp3) is 0.636. The van der Waals surface area contributed by atoms with Crippen LogP contribution in [0.4, 0.5) is 11.8 Å². The van der Waals surface area contributed by atoms with Gasteiger partial charge >= 0.3 is 5.97 Å². The number of para-hydroxylation sites is 1. The zero-order valence-electron chi connectivity index (χ0n) is 27.4. The molecular weight excluding hydrogens is 598 g/mol. The van der Waals surface area contributed by atoms with Gasteiger partial charge in [0.05, 0.1) is 24.8 Å². The van der Waals surface area contributed by atoms with E-state index < -0.39 is 5.97 Å². The standard InChI is InChI=1S/C33H51N11O3/c45-30(12-18-35-23-31(46)47)43-20-13-26(14-21-43)38-32-28-10-4-5-11-29(28)39-33(40-32)37-22-27-24-44(42-41-27)19-7-16-34-15-6-17-36-25-8-2-1-3-9-25/h4-5,10-11,24-26,34-36H,1-3,6-9,12-23H2,(H,46,47)(H2,37,38,39,40). The minimum absolute atomic E-state index is 0.0434. The van der Waals surface area contributed by atoms with Crippen LogP contribution >= 0.6 is 0 Å². The zero-order valence-corrected chi connectivity index (χ0v) is 27.4. The van der Waals surface area contributed by atoms with Crippen LogP contribution in [0.5, 0.6) is 0 Å². The molecule has 1 aromatic carbocycles. The molecule has 6 N–H and O–H groups in total. The van der Waals surface area contributed by atoms with Crippen LogP contribution in [-0.2, 0) is 22.7 Å². The van der Waals surface area contributed by atoms with Crippen molar-refractivity contribution in [3.05, 3.63) is 36.2 Å². The van der Waals surface area contributed by atoms with Crippen molar-refractivity contribution in [2.24, 2.45) is 0 Å². The highest BCUT2D eigenvalue weighted by Crippen LogP contribution is 2.25. The number of benzene rings is 1. The van der Waals surface area contributed by atoms with E-state index in [1.54, 1.807) is 0 Å². The number of aromatic nitrogens is 5. The van der Waals surface area contributed by atoms with Crippen molar-refractivity contribution in [1.82, 2.24) is 45.8 Å². The van der Waals surface area contributed by atoms with Gasteiger partial charge in [0.2, 0.25) is 11.9 Å². The smallest absolute Gasteiger partial charge is 0.317 e. The van der Waals surface area contributed by atoms with Gasteiger partial charge in [-0.1, -0.05) is 36.6 Å². The molecule has 0 radical (unpaired) electrons. The Hall–Kier alpha value is -3.88. The third-order valence-corrected chi connectivity index (χ3v) is 8.91. The highest BCUT2D eigenvalue weighted by Gasteiger charge is 2.23. The van der Waals surface area contributed by atoms with Crippen molar-refractivity contribution in [3.8, 4) is 0 Å². The van der Waals surface area contributed by atoms with E-state index in [2.05, 4.69) is 36.9 Å². The Balaban J connectivity index is 1.02. The van der Waals surface area contributed by atoms with Crippen molar-refractivity contribution < 1.29 is 14.7 Å². The molecular formula is C33H51N11O3. The quantitative estimate of drug-likeness (QED) is 0.105. The number of nitrogens with zero attached hydrogens (tertiary/aromatic N) is 6. The normalized spacial score (nSPS) is 16.0. The van der Waals surface area contributed by atoms with Crippen molar-refractivity contribution in [1.29, 1.82) is 0 Å². The third-order valence-electron chi connectivity index (χ3n) is 8.91. The molecule has 1 aliphatic heterocycles. The maximum atomic E-state index is 12.5. The summed E-state index contributed by atoms with van der Waals surface area (Å²) in [5, 5.41) is 35.3. The average molecular weight is 650 g/mol. The first-order valence-electron chi connectivity index (χ1n) is 17.3. The second-order valence-corrected chi connectivity index (χ2v) is 12.6. The number of carbonyl (C=O) groups excluding carboxylic acids is 1. The molecule has 2 aliphatic rings. The largest absolute Gasteiger partial charge is 0.480 e. The van der Waals surface area contributed by atoms with Gasteiger partial charge in [-0.3, -0.25) is 14.3 Å². The predicted molar refractivity (Wildman–Crippen MR) is 182 cm³/mol. The molecule has 3 heterocycles. The number of hydrogen-bond donors (Lipinski definition) is 6. The molecule has 1 aliphatic carbocycles. The lowest BCUT2D eigenvalue weighted by Gasteiger charge is -2.33. The van der Waals surface area contributed by atoms with E-state index in [9.17, 15) is 9.59 Å². The van der Waals surface area contributed by atoms with Crippen molar-refractivity contribution in [2.75, 3.05) is 56.4 Å². The van der Waals surface area contributed by atoms with E-state index >= 15 is 0 Å². The van der Waals surface area contributed by atoms with Crippen molar-refractivity contribution in [3.63, 3.8) is 0 Å². The molecule has 1 saturated carbocycles. The highest BCUT2D eigenvalue weighted by atomic mass is 16.4. The van der Waals surface area contributed by atoms with Gasteiger partial charge in [-0.05, 0) is 70.3 Å². The minimum atomic E-state index is -0.926. The molecule has 0 unspecified atom stereocenters. The maximum Gasteiger partial charge on any atom is 0.317 e. The lowest BCUT2D eigenvalue weighted by atomic mass is 9.95. The molecule has 14 heteroatoms. The lowest BCUT2D eigenvalue weighted by Crippen LogP contribution is -2.43. The minimum Gasteiger partial charge on any atom is -0.480 e. The van der Waals surface area contributed by atoms with Crippen LogP contribution < -0.4 is 26.6 Å².